The van der Waals surface area contributed by atoms with Crippen molar-refractivity contribution in [1.82, 2.24) is 0 Å². The van der Waals surface area contributed by atoms with E-state index in [0.29, 0.717) is 16.3 Å². The zero-order chi connectivity index (χ0) is 44.3. The van der Waals surface area contributed by atoms with Gasteiger partial charge in [-0.2, -0.15) is 0 Å². The monoisotopic (exact) mass is 848 g/mol. The maximum absolute atomic E-state index is 15.3. The molecule has 0 heterocycles. The van der Waals surface area contributed by atoms with Crippen LogP contribution in [0.4, 0.5) is 0 Å². The topological polar surface area (TPSA) is 132 Å². The summed E-state index contributed by atoms with van der Waals surface area (Å²) < 4.78 is 0. The Morgan fingerprint density at radius 2 is 0.591 bits per heavy atom. The zero-order valence-corrected chi connectivity index (χ0v) is 34.4. The highest BCUT2D eigenvalue weighted by Crippen LogP contribution is 2.53. The van der Waals surface area contributed by atoms with Gasteiger partial charge in [-0.05, 0) is 144 Å². The molecule has 0 aliphatic carbocycles. The van der Waals surface area contributed by atoms with Gasteiger partial charge in [-0.15, -0.1) is 0 Å². The van der Waals surface area contributed by atoms with Crippen LogP contribution in [-0.4, -0.2) is 38.0 Å². The Kier molecular flexibility index (Phi) is 6.19. The second-order valence-electron chi connectivity index (χ2n) is 18.0. The molecule has 15 aromatic rings. The van der Waals surface area contributed by atoms with Gasteiger partial charge in [0.05, 0.1) is 5.56 Å². The van der Waals surface area contributed by atoms with Gasteiger partial charge < -0.3 is 20.4 Å². The lowest BCUT2D eigenvalue weighted by Gasteiger charge is -2.23. The molecule has 7 nitrogen and oxygen atoms in total. The van der Waals surface area contributed by atoms with E-state index in [1.807, 2.05) is 103 Å². The Labute approximate surface area is 370 Å². The second-order valence-corrected chi connectivity index (χ2v) is 18.0. The number of carboxylic acid groups (broad SMARTS) is 1. The van der Waals surface area contributed by atoms with E-state index in [2.05, 4.69) is 6.58 Å². The third-order valence-electron chi connectivity index (χ3n) is 14.9. The van der Waals surface area contributed by atoms with Crippen LogP contribution >= 0.6 is 0 Å². The van der Waals surface area contributed by atoms with Crippen LogP contribution < -0.4 is 0 Å². The van der Waals surface area contributed by atoms with Crippen LogP contribution in [0.3, 0.4) is 0 Å². The number of carbonyl (C=O) groups excluding carboxylic acids is 2. The normalized spacial score (nSPS) is 12.7. The van der Waals surface area contributed by atoms with Crippen molar-refractivity contribution in [2.24, 2.45) is 0 Å². The molecule has 15 aromatic carbocycles. The smallest absolute Gasteiger partial charge is 0.336 e. The summed E-state index contributed by atoms with van der Waals surface area (Å²) in [6.45, 7) is 3.82. The van der Waals surface area contributed by atoms with E-state index in [-0.39, 0.29) is 33.8 Å². The standard InChI is InChI=1S/C59H28O7/c1-24(60)37-22-41(58(64)39-19-30-7-3-28-13-17-36-44(62)21-32-9-5-26-11-15-34(39)54-46(26)52(32)56(36)48(28)50(30)54)42(59(65)66)23-40(37)57(63)38-18-29-6-2-27-12-16-35-43(61)20-31-8-4-25-10-14-33(38)53-45(25)51(31)55(35)47(27)49(29)53/h2-23,60-62H,1H2,(H,65,66). The van der Waals surface area contributed by atoms with Crippen LogP contribution in [-0.2, 0) is 0 Å². The summed E-state index contributed by atoms with van der Waals surface area (Å²) in [4.78, 5) is 43.9. The number of carboxylic acids is 1. The first-order chi connectivity index (χ1) is 32.0. The number of phenols is 2. The fourth-order valence-corrected chi connectivity index (χ4v) is 12.2. The summed E-state index contributed by atoms with van der Waals surface area (Å²) in [5.74, 6) is -2.66. The van der Waals surface area contributed by atoms with Crippen LogP contribution in [0.5, 0.6) is 11.5 Å². The molecule has 15 rings (SSSR count). The van der Waals surface area contributed by atoms with E-state index < -0.39 is 28.9 Å². The largest absolute Gasteiger partial charge is 0.508 e. The average Bonchev–Trinajstić information content (AvgIpc) is 3.33. The average molecular weight is 849 g/mol. The second kappa shape index (κ2) is 11.5. The van der Waals surface area contributed by atoms with Crippen molar-refractivity contribution in [3.63, 3.8) is 0 Å². The summed E-state index contributed by atoms with van der Waals surface area (Å²) in [5, 5.41) is 65.9. The molecule has 0 bridgehead atoms. The Morgan fingerprint density at radius 1 is 0.303 bits per heavy atom. The predicted octanol–water partition coefficient (Wildman–Crippen LogP) is 14.3. The van der Waals surface area contributed by atoms with Crippen molar-refractivity contribution < 1.29 is 34.8 Å². The highest BCUT2D eigenvalue weighted by Gasteiger charge is 2.31. The third kappa shape index (κ3) is 4.04. The van der Waals surface area contributed by atoms with E-state index in [9.17, 15) is 25.2 Å². The number of aromatic hydroxyl groups is 2. The minimum atomic E-state index is -1.41. The van der Waals surface area contributed by atoms with Gasteiger partial charge >= 0.3 is 5.97 Å². The number of aliphatic hydroxyl groups excluding tert-OH is 1. The molecule has 0 saturated heterocycles. The highest BCUT2D eigenvalue weighted by atomic mass is 16.4. The van der Waals surface area contributed by atoms with Crippen molar-refractivity contribution in [3.8, 4) is 11.5 Å². The molecule has 0 aliphatic rings. The number of rotatable bonds is 6. The fraction of sp³-hybridized carbons (Fsp3) is 0. The van der Waals surface area contributed by atoms with Crippen LogP contribution in [0.15, 0.2) is 140 Å². The molecular weight excluding hydrogens is 821 g/mol. The SMILES string of the molecule is C=C(O)c1cc(C(=O)c2cc3ccc4ccc5c(O)cc6ccc7ccc2c2c7c6c5c4c32)c(C(=O)O)cc1C(=O)c1cc2ccc3ccc4c(O)cc5ccc6ccc1c1c6c5c4c3c21. The van der Waals surface area contributed by atoms with E-state index in [1.54, 1.807) is 18.2 Å². The van der Waals surface area contributed by atoms with Crippen LogP contribution in [0.2, 0.25) is 0 Å². The van der Waals surface area contributed by atoms with E-state index in [0.717, 1.165) is 118 Å². The third-order valence-corrected chi connectivity index (χ3v) is 14.9. The summed E-state index contributed by atoms with van der Waals surface area (Å²) in [6, 6.07) is 41.2. The molecule has 7 heteroatoms. The van der Waals surface area contributed by atoms with Gasteiger partial charge in [-0.25, -0.2) is 4.79 Å². The molecule has 0 unspecified atom stereocenters. The van der Waals surface area contributed by atoms with Crippen molar-refractivity contribution in [2.75, 3.05) is 0 Å². The van der Waals surface area contributed by atoms with Crippen molar-refractivity contribution in [3.05, 3.63) is 173 Å². The predicted molar refractivity (Wildman–Crippen MR) is 265 cm³/mol. The number of aromatic carboxylic acids is 1. The maximum atomic E-state index is 15.3. The Hall–Kier alpha value is -9.07. The first-order valence-electron chi connectivity index (χ1n) is 21.6. The maximum Gasteiger partial charge on any atom is 0.336 e. The molecular formula is C59H28O7. The van der Waals surface area contributed by atoms with Crippen LogP contribution in [0.25, 0.3) is 135 Å². The van der Waals surface area contributed by atoms with Crippen molar-refractivity contribution >= 4 is 153 Å². The molecule has 0 amide bonds. The Morgan fingerprint density at radius 3 is 0.970 bits per heavy atom. The number of ketones is 2. The molecule has 0 radical (unpaired) electrons. The summed E-state index contributed by atoms with van der Waals surface area (Å²) >= 11 is 0. The van der Waals surface area contributed by atoms with Crippen molar-refractivity contribution in [2.45, 2.75) is 0 Å². The van der Waals surface area contributed by atoms with E-state index in [1.165, 1.54) is 12.1 Å². The fourth-order valence-electron chi connectivity index (χ4n) is 12.2. The molecule has 0 saturated carbocycles. The zero-order valence-electron chi connectivity index (χ0n) is 34.4. The minimum absolute atomic E-state index is 0.0570. The quantitative estimate of drug-likeness (QED) is 0.0567. The molecule has 0 fully saturated rings. The number of carbonyl (C=O) groups is 3. The highest BCUT2D eigenvalue weighted by molar-refractivity contribution is 6.48. The van der Waals surface area contributed by atoms with Gasteiger partial charge in [0.25, 0.3) is 0 Å². The number of phenolic OH excluding ortho intramolecular Hbond substituents is 2. The lowest BCUT2D eigenvalue weighted by molar-refractivity contribution is 0.0692. The molecule has 66 heavy (non-hydrogen) atoms. The molecule has 0 aromatic heterocycles. The van der Waals surface area contributed by atoms with Crippen LogP contribution in [0, 0.1) is 0 Å². The van der Waals surface area contributed by atoms with Gasteiger partial charge in [-0.3, -0.25) is 9.59 Å². The number of hydrogen-bond donors (Lipinski definition) is 4. The summed E-state index contributed by atoms with van der Waals surface area (Å²) in [5.41, 5.74) is -0.190. The lowest BCUT2D eigenvalue weighted by atomic mass is 9.80. The molecule has 0 spiro atoms. The van der Waals surface area contributed by atoms with E-state index >= 15 is 9.59 Å². The molecule has 0 atom stereocenters. The van der Waals surface area contributed by atoms with Crippen molar-refractivity contribution in [1.29, 1.82) is 0 Å². The Balaban J connectivity index is 0.972. The number of benzene rings is 15. The lowest BCUT2D eigenvalue weighted by Crippen LogP contribution is -2.15. The van der Waals surface area contributed by atoms with Gasteiger partial charge in [0.2, 0.25) is 0 Å². The van der Waals surface area contributed by atoms with Crippen LogP contribution in [0.1, 0.15) is 47.8 Å². The van der Waals surface area contributed by atoms with Gasteiger partial charge in [0, 0.05) is 49.4 Å². The summed E-state index contributed by atoms with van der Waals surface area (Å²) in [7, 11) is 0. The molecule has 0 aliphatic heterocycles. The minimum Gasteiger partial charge on any atom is -0.508 e. The van der Waals surface area contributed by atoms with Gasteiger partial charge in [0.15, 0.2) is 11.6 Å². The number of aliphatic hydroxyl groups is 1. The Bertz CT molecular complexity index is 4410. The number of hydrogen-bond acceptors (Lipinski definition) is 6. The first-order valence-corrected chi connectivity index (χ1v) is 21.6. The van der Waals surface area contributed by atoms with Gasteiger partial charge in [-0.1, -0.05) is 104 Å². The van der Waals surface area contributed by atoms with Gasteiger partial charge in [0.1, 0.15) is 17.3 Å². The molecule has 4 N–H and O–H groups in total. The first kappa shape index (κ1) is 35.4. The molecule has 306 valence electrons. The van der Waals surface area contributed by atoms with E-state index in [4.69, 9.17) is 0 Å². The summed E-state index contributed by atoms with van der Waals surface area (Å²) in [6.07, 6.45) is 0.